The van der Waals surface area contributed by atoms with Gasteiger partial charge in [-0.25, -0.2) is 0 Å². The second-order valence-electron chi connectivity index (χ2n) is 7.03. The minimum absolute atomic E-state index is 0.0464. The number of nitrogens with zero attached hydrogens (tertiary/aromatic N) is 1. The lowest BCUT2D eigenvalue weighted by atomic mass is 9.99. The van der Waals surface area contributed by atoms with Crippen molar-refractivity contribution in [3.8, 4) is 5.75 Å². The zero-order valence-electron chi connectivity index (χ0n) is 16.0. The van der Waals surface area contributed by atoms with E-state index >= 15 is 0 Å². The van der Waals surface area contributed by atoms with Gasteiger partial charge >= 0.3 is 0 Å². The van der Waals surface area contributed by atoms with Crippen molar-refractivity contribution in [2.45, 2.75) is 37.4 Å². The maximum absolute atomic E-state index is 12.0. The summed E-state index contributed by atoms with van der Waals surface area (Å²) in [5.41, 5.74) is 2.90. The molecule has 28 heavy (non-hydrogen) atoms. The van der Waals surface area contributed by atoms with Crippen molar-refractivity contribution >= 4 is 22.9 Å². The maximum atomic E-state index is 12.0. The summed E-state index contributed by atoms with van der Waals surface area (Å²) in [6, 6.07) is 11.4. The zero-order valence-corrected chi connectivity index (χ0v) is 16.8. The number of aromatic nitrogens is 1. The number of amides is 2. The highest BCUT2D eigenvalue weighted by atomic mass is 32.2. The van der Waals surface area contributed by atoms with Gasteiger partial charge in [0.05, 0.1) is 19.1 Å². The third kappa shape index (κ3) is 4.72. The lowest BCUT2D eigenvalue weighted by molar-refractivity contribution is -0.121. The van der Waals surface area contributed by atoms with E-state index in [0.29, 0.717) is 18.8 Å². The molecule has 1 unspecified atom stereocenters. The molecule has 7 heteroatoms. The lowest BCUT2D eigenvalue weighted by Crippen LogP contribution is -2.35. The smallest absolute Gasteiger partial charge is 0.286 e. The number of thioether (sulfide) groups is 1. The average Bonchev–Trinajstić information content (AvgIpc) is 2.95. The van der Waals surface area contributed by atoms with Crippen LogP contribution in [0.5, 0.6) is 5.75 Å². The molecule has 1 aliphatic heterocycles. The van der Waals surface area contributed by atoms with Crippen LogP contribution >= 0.6 is 11.8 Å². The number of carbonyl (C=O) groups excluding carboxylic acids is 2. The first kappa shape index (κ1) is 20.4. The molecule has 6 nitrogen and oxygen atoms in total. The first-order valence-corrected chi connectivity index (χ1v) is 10.1. The quantitative estimate of drug-likeness (QED) is 0.708. The Kier molecular flexibility index (Phi) is 6.36. The standard InChI is InChI=1S/C21H24N2O4S/c1-3-14-6-9-18(22-11-14)16(12-24)13-27-17-7-4-15(5-8-17)10-21(2)19(25)23-20(26)28-21/h4-9,11,16,24H,3,10,12-13H2,1-2H3,(H,23,25,26)/t16-,21?/m1/s1. The third-order valence-corrected chi connectivity index (χ3v) is 5.89. The van der Waals surface area contributed by atoms with Crippen LogP contribution in [0.2, 0.25) is 0 Å². The van der Waals surface area contributed by atoms with Crippen molar-refractivity contribution in [2.75, 3.05) is 13.2 Å². The molecule has 3 rings (SSSR count). The van der Waals surface area contributed by atoms with E-state index in [1.807, 2.05) is 42.6 Å². The predicted molar refractivity (Wildman–Crippen MR) is 109 cm³/mol. The molecule has 0 spiro atoms. The first-order valence-electron chi connectivity index (χ1n) is 9.25. The Bertz CT molecular complexity index is 838. The van der Waals surface area contributed by atoms with Gasteiger partial charge in [0.1, 0.15) is 10.5 Å². The number of aliphatic hydroxyl groups excluding tert-OH is 1. The van der Waals surface area contributed by atoms with Gasteiger partial charge in [-0.3, -0.25) is 19.9 Å². The summed E-state index contributed by atoms with van der Waals surface area (Å²) < 4.78 is 5.04. The Morgan fingerprint density at radius 1 is 1.18 bits per heavy atom. The molecule has 0 aliphatic carbocycles. The predicted octanol–water partition coefficient (Wildman–Crippen LogP) is 3.08. The molecule has 2 amide bonds. The van der Waals surface area contributed by atoms with Gasteiger partial charge in [0.15, 0.2) is 0 Å². The third-order valence-electron chi connectivity index (χ3n) is 4.82. The minimum Gasteiger partial charge on any atom is -0.493 e. The van der Waals surface area contributed by atoms with Gasteiger partial charge in [0.25, 0.3) is 5.24 Å². The van der Waals surface area contributed by atoms with E-state index in [9.17, 15) is 14.7 Å². The second-order valence-corrected chi connectivity index (χ2v) is 8.51. The Balaban J connectivity index is 1.59. The van der Waals surface area contributed by atoms with Crippen LogP contribution in [0.25, 0.3) is 0 Å². The Morgan fingerprint density at radius 2 is 1.89 bits per heavy atom. The van der Waals surface area contributed by atoms with Gasteiger partial charge < -0.3 is 9.84 Å². The number of imide groups is 1. The molecular weight excluding hydrogens is 376 g/mol. The van der Waals surface area contributed by atoms with Crippen LogP contribution < -0.4 is 10.1 Å². The highest BCUT2D eigenvalue weighted by Gasteiger charge is 2.43. The van der Waals surface area contributed by atoms with Gasteiger partial charge in [0, 0.05) is 11.9 Å². The van der Waals surface area contributed by atoms with E-state index in [-0.39, 0.29) is 23.7 Å². The fourth-order valence-electron chi connectivity index (χ4n) is 3.03. The van der Waals surface area contributed by atoms with E-state index < -0.39 is 4.75 Å². The van der Waals surface area contributed by atoms with E-state index in [0.717, 1.165) is 35.0 Å². The number of rotatable bonds is 8. The zero-order chi connectivity index (χ0) is 20.1. The summed E-state index contributed by atoms with van der Waals surface area (Å²) in [7, 11) is 0. The van der Waals surface area contributed by atoms with E-state index in [4.69, 9.17) is 4.74 Å². The normalized spacial score (nSPS) is 20.1. The number of nitrogens with one attached hydrogen (secondary N) is 1. The number of aliphatic hydroxyl groups is 1. The second kappa shape index (κ2) is 8.75. The van der Waals surface area contributed by atoms with Crippen LogP contribution in [-0.2, 0) is 17.6 Å². The molecule has 0 bridgehead atoms. The van der Waals surface area contributed by atoms with Crippen molar-refractivity contribution < 1.29 is 19.4 Å². The Morgan fingerprint density at radius 3 is 2.43 bits per heavy atom. The fraction of sp³-hybridized carbons (Fsp3) is 0.381. The highest BCUT2D eigenvalue weighted by molar-refractivity contribution is 8.16. The number of hydrogen-bond donors (Lipinski definition) is 2. The largest absolute Gasteiger partial charge is 0.493 e. The number of carbonyl (C=O) groups is 2. The van der Waals surface area contributed by atoms with E-state index in [2.05, 4.69) is 17.2 Å². The molecule has 2 N–H and O–H groups in total. The molecular formula is C21H24N2O4S. The molecule has 1 aliphatic rings. The molecule has 1 aromatic carbocycles. The molecule has 0 radical (unpaired) electrons. The fourth-order valence-corrected chi connectivity index (χ4v) is 3.96. The number of pyridine rings is 1. The summed E-state index contributed by atoms with van der Waals surface area (Å²) in [5.74, 6) is 0.224. The molecule has 2 aromatic rings. The minimum atomic E-state index is -0.780. The van der Waals surface area contributed by atoms with Gasteiger partial charge in [-0.1, -0.05) is 25.1 Å². The molecule has 1 saturated heterocycles. The molecule has 148 valence electrons. The number of benzene rings is 1. The van der Waals surface area contributed by atoms with Crippen molar-refractivity contribution in [3.63, 3.8) is 0 Å². The van der Waals surface area contributed by atoms with Crippen LogP contribution in [0.1, 0.15) is 36.6 Å². The molecule has 0 saturated carbocycles. The molecule has 2 atom stereocenters. The van der Waals surface area contributed by atoms with Crippen LogP contribution in [0, 0.1) is 0 Å². The van der Waals surface area contributed by atoms with Gasteiger partial charge in [0.2, 0.25) is 5.91 Å². The summed E-state index contributed by atoms with van der Waals surface area (Å²) in [4.78, 5) is 27.8. The molecule has 2 heterocycles. The number of aryl methyl sites for hydroxylation is 1. The van der Waals surface area contributed by atoms with Crippen LogP contribution in [0.15, 0.2) is 42.6 Å². The van der Waals surface area contributed by atoms with Gasteiger partial charge in [-0.2, -0.15) is 0 Å². The number of ether oxygens (including phenoxy) is 1. The van der Waals surface area contributed by atoms with E-state index in [1.54, 1.807) is 6.92 Å². The van der Waals surface area contributed by atoms with Crippen LogP contribution in [0.4, 0.5) is 4.79 Å². The first-order chi connectivity index (χ1) is 13.4. The Hall–Kier alpha value is -2.38. The average molecular weight is 401 g/mol. The Labute approximate surface area is 168 Å². The topological polar surface area (TPSA) is 88.5 Å². The molecule has 1 fully saturated rings. The van der Waals surface area contributed by atoms with Crippen molar-refractivity contribution in [1.82, 2.24) is 10.3 Å². The summed E-state index contributed by atoms with van der Waals surface area (Å²) in [6.07, 6.45) is 3.21. The number of hydrogen-bond acceptors (Lipinski definition) is 6. The summed E-state index contributed by atoms with van der Waals surface area (Å²) in [6.45, 7) is 4.11. The van der Waals surface area contributed by atoms with Gasteiger partial charge in [-0.15, -0.1) is 0 Å². The van der Waals surface area contributed by atoms with E-state index in [1.165, 1.54) is 0 Å². The maximum Gasteiger partial charge on any atom is 0.286 e. The summed E-state index contributed by atoms with van der Waals surface area (Å²) in [5, 5.41) is 11.7. The SMILES string of the molecule is CCc1ccc([C@H](CO)COc2ccc(CC3(C)SC(=O)NC3=O)cc2)nc1. The monoisotopic (exact) mass is 400 g/mol. The van der Waals surface area contributed by atoms with Crippen molar-refractivity contribution in [3.05, 3.63) is 59.4 Å². The molecule has 1 aromatic heterocycles. The van der Waals surface area contributed by atoms with Crippen LogP contribution in [0.3, 0.4) is 0 Å². The highest BCUT2D eigenvalue weighted by Crippen LogP contribution is 2.35. The van der Waals surface area contributed by atoms with Crippen LogP contribution in [-0.4, -0.2) is 39.2 Å². The lowest BCUT2D eigenvalue weighted by Gasteiger charge is -2.19. The van der Waals surface area contributed by atoms with Crippen molar-refractivity contribution in [2.24, 2.45) is 0 Å². The van der Waals surface area contributed by atoms with Crippen molar-refractivity contribution in [1.29, 1.82) is 0 Å². The summed E-state index contributed by atoms with van der Waals surface area (Å²) >= 11 is 1.03. The van der Waals surface area contributed by atoms with Gasteiger partial charge in [-0.05, 0) is 60.9 Å².